The predicted molar refractivity (Wildman–Crippen MR) is 97.1 cm³/mol. The number of anilines is 1. The lowest BCUT2D eigenvalue weighted by Crippen LogP contribution is -2.27. The first kappa shape index (κ1) is 17.7. The van der Waals surface area contributed by atoms with Gasteiger partial charge in [-0.05, 0) is 30.7 Å². The van der Waals surface area contributed by atoms with Crippen molar-refractivity contribution in [3.8, 4) is 5.75 Å². The molecule has 1 aliphatic heterocycles. The number of hydrogen-bond acceptors (Lipinski definition) is 4. The molecule has 134 valence electrons. The van der Waals surface area contributed by atoms with E-state index in [1.165, 1.54) is 0 Å². The number of fused-ring (bicyclic) bond motifs is 1. The van der Waals surface area contributed by atoms with Crippen LogP contribution in [0.15, 0.2) is 48.5 Å². The first-order chi connectivity index (χ1) is 12.5. The Morgan fingerprint density at radius 2 is 1.92 bits per heavy atom. The zero-order chi connectivity index (χ0) is 18.5. The van der Waals surface area contributed by atoms with E-state index in [1.807, 2.05) is 37.3 Å². The molecule has 2 aromatic carbocycles. The van der Waals surface area contributed by atoms with Crippen molar-refractivity contribution in [2.75, 3.05) is 11.9 Å². The van der Waals surface area contributed by atoms with E-state index in [0.29, 0.717) is 17.0 Å². The van der Waals surface area contributed by atoms with Crippen molar-refractivity contribution in [3.05, 3.63) is 59.7 Å². The van der Waals surface area contributed by atoms with Crippen LogP contribution in [0.1, 0.15) is 41.7 Å². The molecule has 0 spiro atoms. The third-order valence-electron chi connectivity index (χ3n) is 4.19. The Kier molecular flexibility index (Phi) is 5.31. The molecule has 1 aliphatic rings. The summed E-state index contributed by atoms with van der Waals surface area (Å²) in [5.74, 6) is -0.0496. The highest BCUT2D eigenvalue weighted by molar-refractivity contribution is 6.01. The summed E-state index contributed by atoms with van der Waals surface area (Å²) in [6.45, 7) is 1.88. The molecule has 0 saturated carbocycles. The molecule has 3 rings (SSSR count). The SMILES string of the molecule is CC(NC(=O)CCC(=O)c1ccc2c(c1)NC(=O)CO2)c1ccccc1. The fourth-order valence-electron chi connectivity index (χ4n) is 2.77. The van der Waals surface area contributed by atoms with Gasteiger partial charge < -0.3 is 15.4 Å². The molecule has 1 unspecified atom stereocenters. The summed E-state index contributed by atoms with van der Waals surface area (Å²) in [5, 5.41) is 5.56. The Balaban J connectivity index is 1.54. The monoisotopic (exact) mass is 352 g/mol. The van der Waals surface area contributed by atoms with Gasteiger partial charge in [-0.15, -0.1) is 0 Å². The van der Waals surface area contributed by atoms with Gasteiger partial charge in [0.1, 0.15) is 5.75 Å². The van der Waals surface area contributed by atoms with Crippen molar-refractivity contribution in [1.82, 2.24) is 5.32 Å². The number of carbonyl (C=O) groups is 3. The lowest BCUT2D eigenvalue weighted by Gasteiger charge is -2.18. The van der Waals surface area contributed by atoms with Gasteiger partial charge in [0.15, 0.2) is 12.4 Å². The van der Waals surface area contributed by atoms with Crippen molar-refractivity contribution in [2.24, 2.45) is 0 Å². The zero-order valence-corrected chi connectivity index (χ0v) is 14.5. The highest BCUT2D eigenvalue weighted by Crippen LogP contribution is 2.29. The maximum absolute atomic E-state index is 12.3. The van der Waals surface area contributed by atoms with Gasteiger partial charge in [-0.1, -0.05) is 30.3 Å². The zero-order valence-electron chi connectivity index (χ0n) is 14.5. The van der Waals surface area contributed by atoms with Gasteiger partial charge in [0.25, 0.3) is 5.91 Å². The van der Waals surface area contributed by atoms with Crippen LogP contribution in [0.4, 0.5) is 5.69 Å². The molecule has 6 nitrogen and oxygen atoms in total. The van der Waals surface area contributed by atoms with E-state index in [4.69, 9.17) is 4.74 Å². The molecule has 1 atom stereocenters. The highest BCUT2D eigenvalue weighted by Gasteiger charge is 2.18. The Bertz CT molecular complexity index is 833. The second-order valence-corrected chi connectivity index (χ2v) is 6.17. The molecule has 0 bridgehead atoms. The lowest BCUT2D eigenvalue weighted by atomic mass is 10.0. The van der Waals surface area contributed by atoms with Gasteiger partial charge >= 0.3 is 0 Å². The van der Waals surface area contributed by atoms with E-state index in [0.717, 1.165) is 5.56 Å². The largest absolute Gasteiger partial charge is 0.482 e. The molecule has 26 heavy (non-hydrogen) atoms. The van der Waals surface area contributed by atoms with Crippen LogP contribution in [0.2, 0.25) is 0 Å². The van der Waals surface area contributed by atoms with Gasteiger partial charge in [-0.2, -0.15) is 0 Å². The number of rotatable bonds is 6. The fraction of sp³-hybridized carbons (Fsp3) is 0.250. The number of ketones is 1. The van der Waals surface area contributed by atoms with E-state index in [9.17, 15) is 14.4 Å². The number of Topliss-reactive ketones (excluding diaryl/α,β-unsaturated/α-hetero) is 1. The second-order valence-electron chi connectivity index (χ2n) is 6.17. The van der Waals surface area contributed by atoms with Crippen molar-refractivity contribution in [1.29, 1.82) is 0 Å². The van der Waals surface area contributed by atoms with Crippen LogP contribution in [0, 0.1) is 0 Å². The molecule has 2 aromatic rings. The smallest absolute Gasteiger partial charge is 0.262 e. The quantitative estimate of drug-likeness (QED) is 0.783. The summed E-state index contributed by atoms with van der Waals surface area (Å²) < 4.78 is 5.27. The topological polar surface area (TPSA) is 84.5 Å². The van der Waals surface area contributed by atoms with E-state index < -0.39 is 0 Å². The Hall–Kier alpha value is -3.15. The number of benzene rings is 2. The van der Waals surface area contributed by atoms with E-state index >= 15 is 0 Å². The summed E-state index contributed by atoms with van der Waals surface area (Å²) in [4.78, 5) is 35.8. The minimum atomic E-state index is -0.253. The van der Waals surface area contributed by atoms with Gasteiger partial charge in [0.2, 0.25) is 5.91 Å². The summed E-state index contributed by atoms with van der Waals surface area (Å²) in [5.41, 5.74) is 1.94. The molecule has 0 saturated heterocycles. The number of amides is 2. The Labute approximate surface area is 151 Å². The number of carbonyl (C=O) groups excluding carboxylic acids is 3. The van der Waals surface area contributed by atoms with Crippen molar-refractivity contribution < 1.29 is 19.1 Å². The van der Waals surface area contributed by atoms with Crippen LogP contribution in [0.3, 0.4) is 0 Å². The molecule has 2 N–H and O–H groups in total. The van der Waals surface area contributed by atoms with E-state index in [2.05, 4.69) is 10.6 Å². The summed E-state index contributed by atoms with van der Waals surface area (Å²) in [6, 6.07) is 14.4. The first-order valence-corrected chi connectivity index (χ1v) is 8.47. The molecule has 0 aromatic heterocycles. The minimum Gasteiger partial charge on any atom is -0.482 e. The number of ether oxygens (including phenoxy) is 1. The Morgan fingerprint density at radius 3 is 2.69 bits per heavy atom. The summed E-state index contributed by atoms with van der Waals surface area (Å²) >= 11 is 0. The lowest BCUT2D eigenvalue weighted by molar-refractivity contribution is -0.121. The normalized spacial score (nSPS) is 13.8. The van der Waals surface area contributed by atoms with Crippen LogP contribution >= 0.6 is 0 Å². The molecule has 6 heteroatoms. The average Bonchev–Trinajstić information content (AvgIpc) is 2.66. The van der Waals surface area contributed by atoms with Gasteiger partial charge in [0.05, 0.1) is 11.7 Å². The summed E-state index contributed by atoms with van der Waals surface area (Å²) in [6.07, 6.45) is 0.205. The van der Waals surface area contributed by atoms with Crippen LogP contribution in [-0.4, -0.2) is 24.2 Å². The van der Waals surface area contributed by atoms with Crippen LogP contribution in [-0.2, 0) is 9.59 Å². The standard InChI is InChI=1S/C20H20N2O4/c1-13(14-5-3-2-4-6-14)21-19(24)10-8-17(23)15-7-9-18-16(11-15)22-20(25)12-26-18/h2-7,9,11,13H,8,10,12H2,1H3,(H,21,24)(H,22,25). The average molecular weight is 352 g/mol. The van der Waals surface area contributed by atoms with Crippen LogP contribution < -0.4 is 15.4 Å². The van der Waals surface area contributed by atoms with Gasteiger partial charge in [-0.25, -0.2) is 0 Å². The predicted octanol–water partition coefficient (Wildman–Crippen LogP) is 2.86. The summed E-state index contributed by atoms with van der Waals surface area (Å²) in [7, 11) is 0. The molecular formula is C20H20N2O4. The molecule has 1 heterocycles. The molecule has 0 fully saturated rings. The maximum atomic E-state index is 12.3. The second kappa shape index (κ2) is 7.82. The molecule has 0 aliphatic carbocycles. The van der Waals surface area contributed by atoms with Gasteiger partial charge in [-0.3, -0.25) is 14.4 Å². The van der Waals surface area contributed by atoms with Crippen molar-refractivity contribution in [3.63, 3.8) is 0 Å². The van der Waals surface area contributed by atoms with Crippen LogP contribution in [0.5, 0.6) is 5.75 Å². The van der Waals surface area contributed by atoms with Gasteiger partial charge in [0, 0.05) is 18.4 Å². The van der Waals surface area contributed by atoms with E-state index in [1.54, 1.807) is 18.2 Å². The maximum Gasteiger partial charge on any atom is 0.262 e. The molecule has 0 radical (unpaired) electrons. The highest BCUT2D eigenvalue weighted by atomic mass is 16.5. The number of hydrogen-bond donors (Lipinski definition) is 2. The molecule has 2 amide bonds. The van der Waals surface area contributed by atoms with Crippen molar-refractivity contribution >= 4 is 23.3 Å². The Morgan fingerprint density at radius 1 is 1.15 bits per heavy atom. The first-order valence-electron chi connectivity index (χ1n) is 8.47. The number of nitrogens with one attached hydrogen (secondary N) is 2. The third kappa shape index (κ3) is 4.27. The third-order valence-corrected chi connectivity index (χ3v) is 4.19. The van der Waals surface area contributed by atoms with Crippen molar-refractivity contribution in [2.45, 2.75) is 25.8 Å². The minimum absolute atomic E-state index is 0.0277. The van der Waals surface area contributed by atoms with Crippen LogP contribution in [0.25, 0.3) is 0 Å². The molecular weight excluding hydrogens is 332 g/mol. The fourth-order valence-corrected chi connectivity index (χ4v) is 2.77. The van der Waals surface area contributed by atoms with E-state index in [-0.39, 0.29) is 43.1 Å².